The van der Waals surface area contributed by atoms with Crippen molar-refractivity contribution in [2.75, 3.05) is 24.6 Å². The Morgan fingerprint density at radius 2 is 1.74 bits per heavy atom. The highest BCUT2D eigenvalue weighted by Gasteiger charge is 2.32. The van der Waals surface area contributed by atoms with Crippen LogP contribution in [0.5, 0.6) is 0 Å². The van der Waals surface area contributed by atoms with Crippen LogP contribution in [-0.2, 0) is 22.1 Å². The highest BCUT2D eigenvalue weighted by molar-refractivity contribution is 7.85. The molecule has 3 amide bonds. The van der Waals surface area contributed by atoms with Crippen molar-refractivity contribution in [1.29, 1.82) is 0 Å². The number of nitrogens with one attached hydrogen (secondary N) is 1. The zero-order valence-electron chi connectivity index (χ0n) is 21.4. The number of amides is 3. The van der Waals surface area contributed by atoms with Crippen molar-refractivity contribution in [3.8, 4) is 0 Å². The zero-order valence-corrected chi connectivity index (χ0v) is 22.2. The van der Waals surface area contributed by atoms with Crippen molar-refractivity contribution in [3.05, 3.63) is 89.2 Å². The number of carbonyl (C=O) groups is 3. The maximum absolute atomic E-state index is 13.7. The van der Waals surface area contributed by atoms with Gasteiger partial charge in [-0.15, -0.1) is 0 Å². The fraction of sp³-hybridized carbons (Fsp3) is 0.276. The van der Waals surface area contributed by atoms with E-state index >= 15 is 0 Å². The molecule has 202 valence electrons. The first-order valence-electron chi connectivity index (χ1n) is 12.8. The van der Waals surface area contributed by atoms with Gasteiger partial charge in [-0.3, -0.25) is 9.59 Å². The summed E-state index contributed by atoms with van der Waals surface area (Å²) in [7, 11) is -1.65. The fourth-order valence-electron chi connectivity index (χ4n) is 4.82. The monoisotopic (exact) mass is 549 g/mol. The normalized spacial score (nSPS) is 17.2. The van der Waals surface area contributed by atoms with Gasteiger partial charge in [0.15, 0.2) is 0 Å². The van der Waals surface area contributed by atoms with Gasteiger partial charge in [-0.2, -0.15) is 0 Å². The Bertz CT molecular complexity index is 1440. The average molecular weight is 550 g/mol. The van der Waals surface area contributed by atoms with Crippen molar-refractivity contribution in [1.82, 2.24) is 10.2 Å². The molecule has 10 heteroatoms. The number of rotatable bonds is 5. The number of ether oxygens (including phenoxy) is 1. The molecule has 0 spiro atoms. The number of anilines is 1. The van der Waals surface area contributed by atoms with E-state index in [1.165, 1.54) is 17.0 Å². The first-order chi connectivity index (χ1) is 18.9. The van der Waals surface area contributed by atoms with Crippen molar-refractivity contribution in [2.45, 2.75) is 42.1 Å². The fourth-order valence-corrected chi connectivity index (χ4v) is 6.17. The van der Waals surface area contributed by atoms with E-state index in [2.05, 4.69) is 5.32 Å². The van der Waals surface area contributed by atoms with E-state index in [9.17, 15) is 23.0 Å². The second kappa shape index (κ2) is 11.4. The molecule has 39 heavy (non-hydrogen) atoms. The summed E-state index contributed by atoms with van der Waals surface area (Å²) < 4.78 is 32.2. The number of likely N-dealkylation sites (tertiary alicyclic amines) is 1. The molecule has 0 aromatic heterocycles. The zero-order chi connectivity index (χ0) is 27.5. The van der Waals surface area contributed by atoms with E-state index in [1.54, 1.807) is 66.4 Å². The maximum atomic E-state index is 13.7. The molecular weight excluding hydrogens is 521 g/mol. The average Bonchev–Trinajstić information content (AvgIpc) is 3.04. The summed E-state index contributed by atoms with van der Waals surface area (Å²) in [4.78, 5) is 42.9. The predicted octanol–water partition coefficient (Wildman–Crippen LogP) is 4.50. The molecule has 1 N–H and O–H groups in total. The molecule has 1 saturated heterocycles. The van der Waals surface area contributed by atoms with Crippen LogP contribution >= 0.6 is 0 Å². The van der Waals surface area contributed by atoms with Gasteiger partial charge in [-0.05, 0) is 67.8 Å². The molecule has 3 aromatic carbocycles. The molecule has 2 heterocycles. The van der Waals surface area contributed by atoms with Gasteiger partial charge in [-0.1, -0.05) is 24.3 Å². The minimum absolute atomic E-state index is 0.106. The summed E-state index contributed by atoms with van der Waals surface area (Å²) in [6, 6.07) is 17.3. The number of halogens is 1. The van der Waals surface area contributed by atoms with Gasteiger partial charge >= 0.3 is 6.09 Å². The minimum Gasteiger partial charge on any atom is -0.450 e. The number of nitrogens with zero attached hydrogens (tertiary/aromatic N) is 2. The molecule has 3 aromatic rings. The van der Waals surface area contributed by atoms with E-state index in [4.69, 9.17) is 4.74 Å². The van der Waals surface area contributed by atoms with Crippen molar-refractivity contribution < 1.29 is 27.7 Å². The Kier molecular flexibility index (Phi) is 7.74. The number of carbonyl (C=O) groups excluding carboxylic acids is 3. The van der Waals surface area contributed by atoms with Gasteiger partial charge < -0.3 is 19.9 Å². The van der Waals surface area contributed by atoms with E-state index < -0.39 is 10.8 Å². The molecule has 0 radical (unpaired) electrons. The van der Waals surface area contributed by atoms with Gasteiger partial charge in [0, 0.05) is 24.7 Å². The molecule has 0 bridgehead atoms. The van der Waals surface area contributed by atoms with Crippen LogP contribution in [0.15, 0.2) is 76.5 Å². The van der Waals surface area contributed by atoms with E-state index in [0.29, 0.717) is 64.7 Å². The molecule has 2 aliphatic heterocycles. The molecule has 1 atom stereocenters. The Labute approximate surface area is 228 Å². The lowest BCUT2D eigenvalue weighted by molar-refractivity contribution is 0.0858. The predicted molar refractivity (Wildman–Crippen MR) is 144 cm³/mol. The van der Waals surface area contributed by atoms with Crippen LogP contribution in [-0.4, -0.2) is 52.8 Å². The highest BCUT2D eigenvalue weighted by Crippen LogP contribution is 2.36. The summed E-state index contributed by atoms with van der Waals surface area (Å²) in [6.45, 7) is 3.13. The van der Waals surface area contributed by atoms with Crippen molar-refractivity contribution in [3.63, 3.8) is 0 Å². The Hall–Kier alpha value is -4.05. The summed E-state index contributed by atoms with van der Waals surface area (Å²) in [5.41, 5.74) is 1.68. The highest BCUT2D eigenvalue weighted by atomic mass is 32.2. The largest absolute Gasteiger partial charge is 0.450 e. The van der Waals surface area contributed by atoms with Gasteiger partial charge in [0.1, 0.15) is 5.82 Å². The minimum atomic E-state index is -1.65. The molecule has 0 saturated carbocycles. The summed E-state index contributed by atoms with van der Waals surface area (Å²) >= 11 is 0. The topological polar surface area (TPSA) is 96.0 Å². The molecule has 5 rings (SSSR count). The molecular formula is C29H28FN3O5S. The SMILES string of the molecule is CCOC(=O)N1CCC(NC(=O)c2ccc3c(c2)N(Cc2ccc(F)cc2)C(=O)c2ccccc2[S@@]3=O)CC1. The van der Waals surface area contributed by atoms with E-state index in [0.717, 1.165) is 0 Å². The third-order valence-electron chi connectivity index (χ3n) is 6.88. The van der Waals surface area contributed by atoms with Crippen LogP contribution in [0.4, 0.5) is 14.9 Å². The van der Waals surface area contributed by atoms with Crippen LogP contribution in [0.3, 0.4) is 0 Å². The lowest BCUT2D eigenvalue weighted by Gasteiger charge is -2.31. The molecule has 2 aliphatic rings. The lowest BCUT2D eigenvalue weighted by atomic mass is 10.0. The van der Waals surface area contributed by atoms with Crippen molar-refractivity contribution >= 4 is 34.4 Å². The Morgan fingerprint density at radius 3 is 2.46 bits per heavy atom. The number of hydrogen-bond acceptors (Lipinski definition) is 5. The first kappa shape index (κ1) is 26.6. The standard InChI is InChI=1S/C29H28FN3O5S/c1-2-38-29(36)32-15-13-22(14-16-32)31-27(34)20-9-12-26-24(17-20)33(18-19-7-10-21(30)11-8-19)28(35)23-5-3-4-6-25(23)39(26)37/h3-12,17,22H,2,13-16,18H2,1H3,(H,31,34)/t39-/m0/s1. The smallest absolute Gasteiger partial charge is 0.409 e. The van der Waals surface area contributed by atoms with Gasteiger partial charge in [0.2, 0.25) is 0 Å². The van der Waals surface area contributed by atoms with Crippen LogP contribution in [0.25, 0.3) is 0 Å². The van der Waals surface area contributed by atoms with Crippen molar-refractivity contribution in [2.24, 2.45) is 0 Å². The lowest BCUT2D eigenvalue weighted by Crippen LogP contribution is -2.46. The van der Waals surface area contributed by atoms with E-state index in [1.807, 2.05) is 0 Å². The Balaban J connectivity index is 1.42. The summed E-state index contributed by atoms with van der Waals surface area (Å²) in [5.74, 6) is -1.07. The number of piperidine rings is 1. The van der Waals surface area contributed by atoms with Gasteiger partial charge in [0.05, 0.1) is 45.0 Å². The molecule has 0 aliphatic carbocycles. The second-order valence-electron chi connectivity index (χ2n) is 9.40. The Morgan fingerprint density at radius 1 is 1.03 bits per heavy atom. The third-order valence-corrected chi connectivity index (χ3v) is 8.38. The first-order valence-corrected chi connectivity index (χ1v) is 13.9. The van der Waals surface area contributed by atoms with E-state index in [-0.39, 0.29) is 36.3 Å². The van der Waals surface area contributed by atoms with Crippen LogP contribution in [0.2, 0.25) is 0 Å². The van der Waals surface area contributed by atoms with Gasteiger partial charge in [0.25, 0.3) is 11.8 Å². The van der Waals surface area contributed by atoms with Crippen LogP contribution < -0.4 is 10.2 Å². The molecule has 8 nitrogen and oxygen atoms in total. The maximum Gasteiger partial charge on any atom is 0.409 e. The molecule has 0 unspecified atom stereocenters. The number of fused-ring (bicyclic) bond motifs is 2. The summed E-state index contributed by atoms with van der Waals surface area (Å²) in [5, 5.41) is 3.02. The van der Waals surface area contributed by atoms with Gasteiger partial charge in [-0.25, -0.2) is 13.4 Å². The second-order valence-corrected chi connectivity index (χ2v) is 10.8. The molecule has 1 fully saturated rings. The summed E-state index contributed by atoms with van der Waals surface area (Å²) in [6.07, 6.45) is 0.821. The number of hydrogen-bond donors (Lipinski definition) is 1. The third kappa shape index (κ3) is 5.56. The quantitative estimate of drug-likeness (QED) is 0.506. The number of benzene rings is 3. The van der Waals surface area contributed by atoms with Crippen LogP contribution in [0, 0.1) is 5.82 Å². The van der Waals surface area contributed by atoms with Crippen LogP contribution in [0.1, 0.15) is 46.0 Å².